The molecular weight excluding hydrogens is 222 g/mol. The van der Waals surface area contributed by atoms with Crippen molar-refractivity contribution in [2.75, 3.05) is 6.61 Å². The summed E-state index contributed by atoms with van der Waals surface area (Å²) in [5, 5.41) is 1.10. The Labute approximate surface area is 106 Å². The third-order valence-electron chi connectivity index (χ3n) is 2.96. The van der Waals surface area contributed by atoms with E-state index in [0.717, 1.165) is 27.8 Å². The molecule has 0 aliphatic rings. The molecule has 0 fully saturated rings. The van der Waals surface area contributed by atoms with Crippen LogP contribution in [0.3, 0.4) is 0 Å². The summed E-state index contributed by atoms with van der Waals surface area (Å²) in [7, 11) is 0. The molecule has 0 unspecified atom stereocenters. The van der Waals surface area contributed by atoms with Gasteiger partial charge in [-0.2, -0.15) is 0 Å². The second-order valence-electron chi connectivity index (χ2n) is 4.10. The average molecular weight is 236 g/mol. The van der Waals surface area contributed by atoms with E-state index < -0.39 is 0 Å². The highest BCUT2D eigenvalue weighted by molar-refractivity contribution is 5.99. The second-order valence-corrected chi connectivity index (χ2v) is 4.10. The number of benzene rings is 2. The molecule has 3 aromatic rings. The number of hydrogen-bond donors (Lipinski definition) is 1. The molecular formula is C16H14NO. The molecule has 0 spiro atoms. The van der Waals surface area contributed by atoms with E-state index in [1.807, 2.05) is 43.3 Å². The third-order valence-corrected chi connectivity index (χ3v) is 2.96. The number of nitrogens with one attached hydrogen (secondary N) is 1. The van der Waals surface area contributed by atoms with E-state index in [4.69, 9.17) is 4.74 Å². The molecule has 18 heavy (non-hydrogen) atoms. The Hall–Kier alpha value is -2.22. The van der Waals surface area contributed by atoms with E-state index in [1.165, 1.54) is 0 Å². The number of fused-ring (bicyclic) bond motifs is 1. The van der Waals surface area contributed by atoms with Crippen LogP contribution in [0, 0.1) is 6.20 Å². The zero-order chi connectivity index (χ0) is 12.4. The summed E-state index contributed by atoms with van der Waals surface area (Å²) in [5.41, 5.74) is 3.27. The molecule has 2 aromatic carbocycles. The second kappa shape index (κ2) is 4.57. The quantitative estimate of drug-likeness (QED) is 0.729. The summed E-state index contributed by atoms with van der Waals surface area (Å²) in [6.07, 6.45) is 3.22. The molecule has 0 aliphatic carbocycles. The Bertz CT molecular complexity index is 655. The molecule has 1 radical (unpaired) electrons. The first-order chi connectivity index (χ1) is 8.90. The van der Waals surface area contributed by atoms with Crippen molar-refractivity contribution >= 4 is 10.9 Å². The Kier molecular flexibility index (Phi) is 2.77. The van der Waals surface area contributed by atoms with Gasteiger partial charge in [0.25, 0.3) is 0 Å². The molecule has 0 aliphatic heterocycles. The highest BCUT2D eigenvalue weighted by Crippen LogP contribution is 2.34. The lowest BCUT2D eigenvalue weighted by molar-refractivity contribution is 0.344. The molecule has 1 aromatic heterocycles. The van der Waals surface area contributed by atoms with Crippen LogP contribution in [0.1, 0.15) is 6.92 Å². The normalized spacial score (nSPS) is 10.7. The first-order valence-electron chi connectivity index (χ1n) is 6.10. The monoisotopic (exact) mass is 236 g/mol. The van der Waals surface area contributed by atoms with Crippen LogP contribution in [0.5, 0.6) is 5.75 Å². The van der Waals surface area contributed by atoms with Crippen molar-refractivity contribution in [2.24, 2.45) is 0 Å². The predicted octanol–water partition coefficient (Wildman–Crippen LogP) is 4.03. The van der Waals surface area contributed by atoms with Gasteiger partial charge in [0, 0.05) is 5.56 Å². The van der Waals surface area contributed by atoms with Crippen LogP contribution in [-0.2, 0) is 0 Å². The average Bonchev–Trinajstić information content (AvgIpc) is 2.85. The molecule has 3 rings (SSSR count). The maximum Gasteiger partial charge on any atom is 0.129 e. The van der Waals surface area contributed by atoms with E-state index in [9.17, 15) is 0 Å². The Morgan fingerprint density at radius 2 is 1.89 bits per heavy atom. The van der Waals surface area contributed by atoms with Crippen LogP contribution < -0.4 is 4.74 Å². The fourth-order valence-electron chi connectivity index (χ4n) is 2.18. The Morgan fingerprint density at radius 1 is 1.06 bits per heavy atom. The van der Waals surface area contributed by atoms with Gasteiger partial charge in [0.05, 0.1) is 23.7 Å². The molecule has 0 bridgehead atoms. The minimum Gasteiger partial charge on any atom is -0.493 e. The molecule has 1 N–H and O–H groups in total. The summed E-state index contributed by atoms with van der Waals surface area (Å²) < 4.78 is 5.70. The van der Waals surface area contributed by atoms with Gasteiger partial charge in [-0.25, -0.2) is 0 Å². The number of aromatic nitrogens is 1. The highest BCUT2D eigenvalue weighted by Gasteiger charge is 2.11. The van der Waals surface area contributed by atoms with Crippen LogP contribution in [-0.4, -0.2) is 11.6 Å². The molecule has 1 heterocycles. The van der Waals surface area contributed by atoms with E-state index in [0.29, 0.717) is 6.61 Å². The van der Waals surface area contributed by atoms with Crippen LogP contribution in [0.25, 0.3) is 22.0 Å². The van der Waals surface area contributed by atoms with Crippen molar-refractivity contribution < 1.29 is 4.74 Å². The van der Waals surface area contributed by atoms with Gasteiger partial charge in [-0.05, 0) is 24.6 Å². The SMILES string of the molecule is CCOc1cccc2[nH][c]c(-c3ccccc3)c12. The van der Waals surface area contributed by atoms with Crippen molar-refractivity contribution in [3.8, 4) is 16.9 Å². The standard InChI is InChI=1S/C16H14NO/c1-2-18-15-10-6-9-14-16(15)13(11-17-14)12-7-4-3-5-8-12/h3-10,17H,2H2,1H3. The maximum atomic E-state index is 5.70. The Morgan fingerprint density at radius 3 is 2.67 bits per heavy atom. The predicted molar refractivity (Wildman–Crippen MR) is 73.7 cm³/mol. The number of aromatic amines is 1. The topological polar surface area (TPSA) is 25.0 Å². The summed E-state index contributed by atoms with van der Waals surface area (Å²) in [5.74, 6) is 0.909. The first kappa shape index (κ1) is 10.9. The number of hydrogen-bond acceptors (Lipinski definition) is 1. The van der Waals surface area contributed by atoms with Crippen molar-refractivity contribution in [1.29, 1.82) is 0 Å². The van der Waals surface area contributed by atoms with Gasteiger partial charge in [0.2, 0.25) is 0 Å². The van der Waals surface area contributed by atoms with Crippen LogP contribution in [0.15, 0.2) is 48.5 Å². The highest BCUT2D eigenvalue weighted by atomic mass is 16.5. The first-order valence-corrected chi connectivity index (χ1v) is 6.10. The zero-order valence-corrected chi connectivity index (χ0v) is 10.2. The third kappa shape index (κ3) is 1.76. The minimum atomic E-state index is 0.665. The summed E-state index contributed by atoms with van der Waals surface area (Å²) in [6.45, 7) is 2.66. The van der Waals surface area contributed by atoms with Gasteiger partial charge < -0.3 is 9.72 Å². The number of rotatable bonds is 3. The molecule has 2 nitrogen and oxygen atoms in total. The smallest absolute Gasteiger partial charge is 0.129 e. The fraction of sp³-hybridized carbons (Fsp3) is 0.125. The van der Waals surface area contributed by atoms with Crippen molar-refractivity contribution in [3.63, 3.8) is 0 Å². The van der Waals surface area contributed by atoms with E-state index in [-0.39, 0.29) is 0 Å². The lowest BCUT2D eigenvalue weighted by Gasteiger charge is -2.06. The van der Waals surface area contributed by atoms with Gasteiger partial charge in [0.1, 0.15) is 5.75 Å². The van der Waals surface area contributed by atoms with E-state index in [1.54, 1.807) is 0 Å². The Balaban J connectivity index is 2.24. The maximum absolute atomic E-state index is 5.70. The largest absolute Gasteiger partial charge is 0.493 e. The molecule has 0 saturated carbocycles. The van der Waals surface area contributed by atoms with Gasteiger partial charge >= 0.3 is 0 Å². The van der Waals surface area contributed by atoms with Gasteiger partial charge in [-0.1, -0.05) is 36.4 Å². The van der Waals surface area contributed by atoms with Crippen molar-refractivity contribution in [1.82, 2.24) is 4.98 Å². The molecule has 0 amide bonds. The lowest BCUT2D eigenvalue weighted by atomic mass is 10.0. The zero-order valence-electron chi connectivity index (χ0n) is 10.2. The summed E-state index contributed by atoms with van der Waals surface area (Å²) >= 11 is 0. The summed E-state index contributed by atoms with van der Waals surface area (Å²) in [6, 6.07) is 16.3. The van der Waals surface area contributed by atoms with Crippen LogP contribution in [0.2, 0.25) is 0 Å². The number of H-pyrrole nitrogens is 1. The van der Waals surface area contributed by atoms with Gasteiger partial charge in [-0.15, -0.1) is 0 Å². The fourth-order valence-corrected chi connectivity index (χ4v) is 2.18. The van der Waals surface area contributed by atoms with E-state index >= 15 is 0 Å². The molecule has 89 valence electrons. The van der Waals surface area contributed by atoms with E-state index in [2.05, 4.69) is 23.3 Å². The number of ether oxygens (including phenoxy) is 1. The van der Waals surface area contributed by atoms with Crippen molar-refractivity contribution in [3.05, 3.63) is 54.7 Å². The molecule has 2 heteroatoms. The van der Waals surface area contributed by atoms with Crippen LogP contribution >= 0.6 is 0 Å². The summed E-state index contributed by atoms with van der Waals surface area (Å²) in [4.78, 5) is 3.18. The lowest BCUT2D eigenvalue weighted by Crippen LogP contribution is -1.91. The van der Waals surface area contributed by atoms with Gasteiger partial charge in [-0.3, -0.25) is 0 Å². The van der Waals surface area contributed by atoms with Crippen molar-refractivity contribution in [2.45, 2.75) is 6.92 Å². The molecule has 0 saturated heterocycles. The van der Waals surface area contributed by atoms with Gasteiger partial charge in [0.15, 0.2) is 0 Å². The molecule has 0 atom stereocenters. The minimum absolute atomic E-state index is 0.665. The van der Waals surface area contributed by atoms with Crippen LogP contribution in [0.4, 0.5) is 0 Å².